The van der Waals surface area contributed by atoms with Crippen LogP contribution < -0.4 is 11.2 Å². The van der Waals surface area contributed by atoms with Gasteiger partial charge in [0.05, 0.1) is 18.2 Å². The van der Waals surface area contributed by atoms with Gasteiger partial charge in [0.2, 0.25) is 0 Å². The van der Waals surface area contributed by atoms with E-state index in [1.54, 1.807) is 24.3 Å². The Balaban J connectivity index is 2.76. The van der Waals surface area contributed by atoms with Gasteiger partial charge in [-0.2, -0.15) is 5.26 Å². The van der Waals surface area contributed by atoms with Crippen molar-refractivity contribution in [2.24, 2.45) is 7.05 Å². The first-order chi connectivity index (χ1) is 10.3. The minimum absolute atomic E-state index is 0.112. The molecule has 0 aliphatic heterocycles. The van der Waals surface area contributed by atoms with Crippen molar-refractivity contribution in [1.82, 2.24) is 9.13 Å². The standard InChI is InChI=1S/C14H13N3O4S/c1-16-12(18)7-13(22(2,20)21)17(14(16)19)9-11-6-4-3-5-10(11)8-15/h3-7H,9H2,1-2H3. The van der Waals surface area contributed by atoms with Crippen molar-refractivity contribution in [2.75, 3.05) is 6.26 Å². The normalized spacial score (nSPS) is 11.1. The molecular weight excluding hydrogens is 306 g/mol. The first-order valence-electron chi connectivity index (χ1n) is 6.24. The predicted molar refractivity (Wildman–Crippen MR) is 79.3 cm³/mol. The number of hydrogen-bond donors (Lipinski definition) is 0. The third-order valence-electron chi connectivity index (χ3n) is 3.21. The maximum absolute atomic E-state index is 12.2. The van der Waals surface area contributed by atoms with E-state index >= 15 is 0 Å². The molecule has 0 bridgehead atoms. The van der Waals surface area contributed by atoms with Gasteiger partial charge in [-0.25, -0.2) is 13.2 Å². The van der Waals surface area contributed by atoms with Crippen LogP contribution in [0.3, 0.4) is 0 Å². The molecule has 0 radical (unpaired) electrons. The maximum atomic E-state index is 12.2. The van der Waals surface area contributed by atoms with Crippen molar-refractivity contribution < 1.29 is 8.42 Å². The summed E-state index contributed by atoms with van der Waals surface area (Å²) in [4.78, 5) is 23.9. The highest BCUT2D eigenvalue weighted by molar-refractivity contribution is 7.90. The van der Waals surface area contributed by atoms with Gasteiger partial charge in [-0.05, 0) is 11.6 Å². The van der Waals surface area contributed by atoms with Crippen LogP contribution in [0.15, 0.2) is 44.9 Å². The maximum Gasteiger partial charge on any atom is 0.332 e. The topological polar surface area (TPSA) is 102 Å². The van der Waals surface area contributed by atoms with Gasteiger partial charge in [0, 0.05) is 19.4 Å². The molecule has 0 saturated heterocycles. The van der Waals surface area contributed by atoms with Gasteiger partial charge in [-0.3, -0.25) is 13.9 Å². The average molecular weight is 319 g/mol. The Morgan fingerprint density at radius 3 is 2.45 bits per heavy atom. The Bertz CT molecular complexity index is 994. The Hall–Kier alpha value is -2.66. The zero-order valence-electron chi connectivity index (χ0n) is 12.0. The summed E-state index contributed by atoms with van der Waals surface area (Å²) >= 11 is 0. The largest absolute Gasteiger partial charge is 0.332 e. The summed E-state index contributed by atoms with van der Waals surface area (Å²) in [5.41, 5.74) is -0.616. The number of nitriles is 1. The molecule has 0 unspecified atom stereocenters. The molecule has 0 aliphatic rings. The second kappa shape index (κ2) is 5.61. The summed E-state index contributed by atoms with van der Waals surface area (Å²) in [6.45, 7) is -0.112. The van der Waals surface area contributed by atoms with E-state index in [0.29, 0.717) is 11.1 Å². The molecule has 0 fully saturated rings. The van der Waals surface area contributed by atoms with E-state index in [9.17, 15) is 18.0 Å². The quantitative estimate of drug-likeness (QED) is 0.733. The highest BCUT2D eigenvalue weighted by Gasteiger charge is 2.18. The second-order valence-corrected chi connectivity index (χ2v) is 6.75. The van der Waals surface area contributed by atoms with Gasteiger partial charge in [0.15, 0.2) is 9.84 Å². The van der Waals surface area contributed by atoms with Crippen molar-refractivity contribution in [2.45, 2.75) is 11.6 Å². The third kappa shape index (κ3) is 2.84. The van der Waals surface area contributed by atoms with E-state index in [-0.39, 0.29) is 11.6 Å². The van der Waals surface area contributed by atoms with Gasteiger partial charge >= 0.3 is 5.69 Å². The summed E-state index contributed by atoms with van der Waals surface area (Å²) in [5, 5.41) is 8.72. The van der Waals surface area contributed by atoms with E-state index in [4.69, 9.17) is 5.26 Å². The van der Waals surface area contributed by atoms with E-state index in [2.05, 4.69) is 0 Å². The summed E-state index contributed by atoms with van der Waals surface area (Å²) in [6, 6.07) is 9.45. The molecular formula is C14H13N3O4S. The van der Waals surface area contributed by atoms with Gasteiger partial charge in [0.25, 0.3) is 5.56 Å². The van der Waals surface area contributed by atoms with E-state index in [1.165, 1.54) is 7.05 Å². The number of benzene rings is 1. The van der Waals surface area contributed by atoms with Crippen molar-refractivity contribution in [3.8, 4) is 6.07 Å². The predicted octanol–water partition coefficient (Wildman–Crippen LogP) is -0.130. The van der Waals surface area contributed by atoms with Crippen LogP contribution in [0, 0.1) is 11.3 Å². The Labute approximate surface area is 126 Å². The molecule has 7 nitrogen and oxygen atoms in total. The molecule has 0 aliphatic carbocycles. The number of rotatable bonds is 3. The van der Waals surface area contributed by atoms with Gasteiger partial charge in [-0.15, -0.1) is 0 Å². The number of sulfone groups is 1. The minimum atomic E-state index is -3.77. The van der Waals surface area contributed by atoms with Crippen molar-refractivity contribution in [1.29, 1.82) is 5.26 Å². The Kier molecular flexibility index (Phi) is 4.01. The lowest BCUT2D eigenvalue weighted by molar-refractivity contribution is 0.553. The van der Waals surface area contributed by atoms with Gasteiger partial charge in [-0.1, -0.05) is 18.2 Å². The molecule has 22 heavy (non-hydrogen) atoms. The molecule has 1 aromatic carbocycles. The molecule has 0 N–H and O–H groups in total. The minimum Gasteiger partial charge on any atom is -0.279 e. The lowest BCUT2D eigenvalue weighted by atomic mass is 10.1. The molecule has 0 saturated carbocycles. The molecule has 0 spiro atoms. The Morgan fingerprint density at radius 1 is 1.23 bits per heavy atom. The zero-order valence-corrected chi connectivity index (χ0v) is 12.8. The van der Waals surface area contributed by atoms with Crippen molar-refractivity contribution >= 4 is 9.84 Å². The summed E-state index contributed by atoms with van der Waals surface area (Å²) in [5.74, 6) is 0. The van der Waals surface area contributed by atoms with Crippen molar-refractivity contribution in [3.05, 3.63) is 62.3 Å². The fraction of sp³-hybridized carbons (Fsp3) is 0.214. The second-order valence-electron chi connectivity index (χ2n) is 4.79. The molecule has 8 heteroatoms. The molecule has 1 aromatic heterocycles. The number of nitrogens with zero attached hydrogens (tertiary/aromatic N) is 3. The number of hydrogen-bond acceptors (Lipinski definition) is 5. The molecule has 2 aromatic rings. The van der Waals surface area contributed by atoms with E-state index in [0.717, 1.165) is 21.5 Å². The molecule has 1 heterocycles. The van der Waals surface area contributed by atoms with Crippen LogP contribution in [0.4, 0.5) is 0 Å². The molecule has 2 rings (SSSR count). The van der Waals surface area contributed by atoms with Crippen LogP contribution in [0.5, 0.6) is 0 Å². The average Bonchev–Trinajstić information content (AvgIpc) is 2.47. The molecule has 0 amide bonds. The van der Waals surface area contributed by atoms with Gasteiger partial charge < -0.3 is 0 Å². The summed E-state index contributed by atoms with van der Waals surface area (Å²) < 4.78 is 25.5. The van der Waals surface area contributed by atoms with E-state index < -0.39 is 21.1 Å². The lowest BCUT2D eigenvalue weighted by Gasteiger charge is -2.13. The first-order valence-corrected chi connectivity index (χ1v) is 8.14. The van der Waals surface area contributed by atoms with Crippen LogP contribution in [0.1, 0.15) is 11.1 Å². The zero-order chi connectivity index (χ0) is 16.5. The van der Waals surface area contributed by atoms with Crippen LogP contribution >= 0.6 is 0 Å². The van der Waals surface area contributed by atoms with Crippen LogP contribution in [0.2, 0.25) is 0 Å². The van der Waals surface area contributed by atoms with Crippen molar-refractivity contribution in [3.63, 3.8) is 0 Å². The third-order valence-corrected chi connectivity index (χ3v) is 4.31. The van der Waals surface area contributed by atoms with Crippen LogP contribution in [-0.2, 0) is 23.4 Å². The molecule has 114 valence electrons. The Morgan fingerprint density at radius 2 is 1.86 bits per heavy atom. The lowest BCUT2D eigenvalue weighted by Crippen LogP contribution is -2.40. The smallest absolute Gasteiger partial charge is 0.279 e. The monoisotopic (exact) mass is 319 g/mol. The van der Waals surface area contributed by atoms with Gasteiger partial charge in [0.1, 0.15) is 5.03 Å². The summed E-state index contributed by atoms with van der Waals surface area (Å²) in [7, 11) is -2.50. The summed E-state index contributed by atoms with van der Waals surface area (Å²) in [6.07, 6.45) is 0.925. The SMILES string of the molecule is Cn1c(=O)cc(S(C)(=O)=O)n(Cc2ccccc2C#N)c1=O. The van der Waals surface area contributed by atoms with Crippen LogP contribution in [0.25, 0.3) is 0 Å². The number of aromatic nitrogens is 2. The molecule has 0 atom stereocenters. The van der Waals surface area contributed by atoms with Crippen LogP contribution in [-0.4, -0.2) is 23.8 Å². The fourth-order valence-corrected chi connectivity index (χ4v) is 2.90. The first kappa shape index (κ1) is 15.7. The highest BCUT2D eigenvalue weighted by atomic mass is 32.2. The highest BCUT2D eigenvalue weighted by Crippen LogP contribution is 2.11. The fourth-order valence-electron chi connectivity index (χ4n) is 2.04. The van der Waals surface area contributed by atoms with E-state index in [1.807, 2.05) is 6.07 Å².